The average molecular weight is 283 g/mol. The van der Waals surface area contributed by atoms with Crippen molar-refractivity contribution in [2.24, 2.45) is 11.7 Å². The molecule has 0 aromatic carbocycles. The van der Waals surface area contributed by atoms with Crippen molar-refractivity contribution in [2.75, 3.05) is 31.7 Å². The minimum Gasteiger partial charge on any atom is -0.379 e. The van der Waals surface area contributed by atoms with Crippen LogP contribution in [0.5, 0.6) is 0 Å². The van der Waals surface area contributed by atoms with Crippen molar-refractivity contribution in [1.29, 1.82) is 0 Å². The Labute approximate surface area is 120 Å². The number of thiazole rings is 1. The van der Waals surface area contributed by atoms with Crippen LogP contribution in [0.4, 0.5) is 5.13 Å². The summed E-state index contributed by atoms with van der Waals surface area (Å²) in [6.45, 7) is 5.39. The lowest BCUT2D eigenvalue weighted by Gasteiger charge is -2.15. The number of anilines is 1. The Hall–Kier alpha value is -0.650. The second kappa shape index (κ2) is 7.22. The van der Waals surface area contributed by atoms with Crippen LogP contribution in [0.15, 0.2) is 0 Å². The van der Waals surface area contributed by atoms with Crippen molar-refractivity contribution in [3.63, 3.8) is 0 Å². The highest BCUT2D eigenvalue weighted by atomic mass is 32.1. The molecule has 1 fully saturated rings. The zero-order chi connectivity index (χ0) is 13.7. The zero-order valence-corrected chi connectivity index (χ0v) is 12.8. The predicted molar refractivity (Wildman–Crippen MR) is 80.8 cm³/mol. The third kappa shape index (κ3) is 4.44. The van der Waals surface area contributed by atoms with Crippen LogP contribution >= 0.6 is 11.3 Å². The highest BCUT2D eigenvalue weighted by Crippen LogP contribution is 2.29. The molecule has 1 saturated carbocycles. The van der Waals surface area contributed by atoms with E-state index in [2.05, 4.69) is 18.9 Å². The lowest BCUT2D eigenvalue weighted by Crippen LogP contribution is -2.22. The highest BCUT2D eigenvalue weighted by molar-refractivity contribution is 7.15. The fraction of sp³-hybridized carbons (Fsp3) is 0.786. The van der Waals surface area contributed by atoms with Crippen LogP contribution in [0.1, 0.15) is 36.8 Å². The molecule has 4 nitrogen and oxygen atoms in total. The Bertz CT molecular complexity index is 390. The SMILES string of the molecule is CCCc1nc(N(C)CCOCC2CC2)sc1CN. The molecule has 0 saturated heterocycles. The van der Waals surface area contributed by atoms with Gasteiger partial charge in [0.15, 0.2) is 5.13 Å². The first-order chi connectivity index (χ1) is 9.24. The van der Waals surface area contributed by atoms with Crippen molar-refractivity contribution in [3.05, 3.63) is 10.6 Å². The van der Waals surface area contributed by atoms with Gasteiger partial charge in [-0.2, -0.15) is 0 Å². The molecule has 0 spiro atoms. The van der Waals surface area contributed by atoms with Crippen LogP contribution in [0, 0.1) is 5.92 Å². The summed E-state index contributed by atoms with van der Waals surface area (Å²) in [5.74, 6) is 0.838. The van der Waals surface area contributed by atoms with Gasteiger partial charge in [-0.1, -0.05) is 13.3 Å². The predicted octanol–water partition coefficient (Wildman–Crippen LogP) is 2.42. The van der Waals surface area contributed by atoms with Gasteiger partial charge in [0, 0.05) is 31.6 Å². The summed E-state index contributed by atoms with van der Waals surface area (Å²) >= 11 is 1.72. The van der Waals surface area contributed by atoms with E-state index in [4.69, 9.17) is 15.5 Å². The molecule has 1 aliphatic rings. The van der Waals surface area contributed by atoms with Crippen LogP contribution < -0.4 is 10.6 Å². The van der Waals surface area contributed by atoms with E-state index in [1.54, 1.807) is 11.3 Å². The van der Waals surface area contributed by atoms with Gasteiger partial charge in [-0.3, -0.25) is 0 Å². The molecule has 19 heavy (non-hydrogen) atoms. The minimum absolute atomic E-state index is 0.596. The molecule has 1 aliphatic carbocycles. The number of hydrogen-bond donors (Lipinski definition) is 1. The number of aromatic nitrogens is 1. The first-order valence-corrected chi connectivity index (χ1v) is 8.03. The van der Waals surface area contributed by atoms with Gasteiger partial charge in [-0.15, -0.1) is 11.3 Å². The first-order valence-electron chi connectivity index (χ1n) is 7.22. The van der Waals surface area contributed by atoms with Crippen LogP contribution in [0.3, 0.4) is 0 Å². The third-order valence-electron chi connectivity index (χ3n) is 3.39. The fourth-order valence-electron chi connectivity index (χ4n) is 1.96. The number of nitrogens with zero attached hydrogens (tertiary/aromatic N) is 2. The van der Waals surface area contributed by atoms with Gasteiger partial charge in [0.1, 0.15) is 0 Å². The van der Waals surface area contributed by atoms with Crippen molar-refractivity contribution < 1.29 is 4.74 Å². The lowest BCUT2D eigenvalue weighted by atomic mass is 10.2. The Morgan fingerprint density at radius 1 is 1.47 bits per heavy atom. The van der Waals surface area contributed by atoms with E-state index >= 15 is 0 Å². The van der Waals surface area contributed by atoms with Gasteiger partial charge in [-0.05, 0) is 25.2 Å². The van der Waals surface area contributed by atoms with Gasteiger partial charge in [0.2, 0.25) is 0 Å². The summed E-state index contributed by atoms with van der Waals surface area (Å²) < 4.78 is 5.67. The largest absolute Gasteiger partial charge is 0.379 e. The molecular formula is C14H25N3OS. The molecule has 0 radical (unpaired) electrons. The molecule has 2 rings (SSSR count). The summed E-state index contributed by atoms with van der Waals surface area (Å²) in [4.78, 5) is 8.11. The molecule has 0 aliphatic heterocycles. The number of hydrogen-bond acceptors (Lipinski definition) is 5. The Kier molecular flexibility index (Phi) is 5.60. The minimum atomic E-state index is 0.596. The number of rotatable bonds is 9. The van der Waals surface area contributed by atoms with E-state index in [9.17, 15) is 0 Å². The standard InChI is InChI=1S/C14H25N3OS/c1-3-4-12-13(9-15)19-14(16-12)17(2)7-8-18-10-11-5-6-11/h11H,3-10,15H2,1-2H3. The topological polar surface area (TPSA) is 51.4 Å². The average Bonchev–Trinajstić information content (AvgIpc) is 3.14. The lowest BCUT2D eigenvalue weighted by molar-refractivity contribution is 0.131. The smallest absolute Gasteiger partial charge is 0.185 e. The summed E-state index contributed by atoms with van der Waals surface area (Å²) in [7, 11) is 2.08. The quantitative estimate of drug-likeness (QED) is 0.707. The Morgan fingerprint density at radius 3 is 2.89 bits per heavy atom. The van der Waals surface area contributed by atoms with Gasteiger partial charge in [0.05, 0.1) is 12.3 Å². The van der Waals surface area contributed by atoms with Gasteiger partial charge >= 0.3 is 0 Å². The molecular weight excluding hydrogens is 258 g/mol. The van der Waals surface area contributed by atoms with E-state index < -0.39 is 0 Å². The summed E-state index contributed by atoms with van der Waals surface area (Å²) in [5.41, 5.74) is 6.96. The van der Waals surface area contributed by atoms with E-state index in [0.717, 1.165) is 43.6 Å². The maximum atomic E-state index is 5.78. The second-order valence-corrected chi connectivity index (χ2v) is 6.32. The Morgan fingerprint density at radius 2 is 2.26 bits per heavy atom. The number of likely N-dealkylation sites (N-methyl/N-ethyl adjacent to an activating group) is 1. The number of ether oxygens (including phenoxy) is 1. The molecule has 1 aromatic rings. The van der Waals surface area contributed by atoms with Crippen LogP contribution in [-0.2, 0) is 17.7 Å². The first kappa shape index (κ1) is 14.8. The second-order valence-electron chi connectivity index (χ2n) is 5.26. The zero-order valence-electron chi connectivity index (χ0n) is 12.0. The van der Waals surface area contributed by atoms with E-state index in [0.29, 0.717) is 6.54 Å². The molecule has 1 heterocycles. The summed E-state index contributed by atoms with van der Waals surface area (Å²) in [6, 6.07) is 0. The molecule has 1 aromatic heterocycles. The number of aryl methyl sites for hydroxylation is 1. The summed E-state index contributed by atoms with van der Waals surface area (Å²) in [6.07, 6.45) is 4.84. The monoisotopic (exact) mass is 283 g/mol. The molecule has 5 heteroatoms. The molecule has 0 amide bonds. The van der Waals surface area contributed by atoms with Crippen LogP contribution in [-0.4, -0.2) is 31.8 Å². The third-order valence-corrected chi connectivity index (χ3v) is 4.62. The highest BCUT2D eigenvalue weighted by Gasteiger charge is 2.21. The Balaban J connectivity index is 1.80. The van der Waals surface area contributed by atoms with Gasteiger partial charge < -0.3 is 15.4 Å². The normalized spacial score (nSPS) is 14.9. The fourth-order valence-corrected chi connectivity index (χ4v) is 2.93. The van der Waals surface area contributed by atoms with Crippen molar-refractivity contribution in [2.45, 2.75) is 39.2 Å². The van der Waals surface area contributed by atoms with Crippen LogP contribution in [0.2, 0.25) is 0 Å². The van der Waals surface area contributed by atoms with Crippen molar-refractivity contribution in [1.82, 2.24) is 4.98 Å². The molecule has 2 N–H and O–H groups in total. The van der Waals surface area contributed by atoms with E-state index in [1.807, 2.05) is 0 Å². The molecule has 0 atom stereocenters. The molecule has 0 bridgehead atoms. The summed E-state index contributed by atoms with van der Waals surface area (Å²) in [5, 5.41) is 1.07. The van der Waals surface area contributed by atoms with Crippen molar-refractivity contribution in [3.8, 4) is 0 Å². The van der Waals surface area contributed by atoms with Gasteiger partial charge in [-0.25, -0.2) is 4.98 Å². The van der Waals surface area contributed by atoms with Crippen LogP contribution in [0.25, 0.3) is 0 Å². The maximum Gasteiger partial charge on any atom is 0.185 e. The molecule has 0 unspecified atom stereocenters. The van der Waals surface area contributed by atoms with Crippen molar-refractivity contribution >= 4 is 16.5 Å². The van der Waals surface area contributed by atoms with Gasteiger partial charge in [0.25, 0.3) is 0 Å². The van der Waals surface area contributed by atoms with E-state index in [-0.39, 0.29) is 0 Å². The van der Waals surface area contributed by atoms with E-state index in [1.165, 1.54) is 23.4 Å². The number of nitrogens with two attached hydrogens (primary N) is 1. The molecule has 108 valence electrons. The maximum absolute atomic E-state index is 5.78.